The Bertz CT molecular complexity index is 512. The predicted octanol–water partition coefficient (Wildman–Crippen LogP) is 5.01. The maximum absolute atomic E-state index is 10.2. The Balaban J connectivity index is 2.40. The van der Waals surface area contributed by atoms with Crippen LogP contribution in [0, 0.1) is 0 Å². The van der Waals surface area contributed by atoms with Crippen LogP contribution in [0.3, 0.4) is 0 Å². The molecule has 0 spiro atoms. The normalized spacial score (nSPS) is 12.8. The molecule has 0 saturated carbocycles. The average molecular weight is 383 g/mol. The summed E-state index contributed by atoms with van der Waals surface area (Å²) in [7, 11) is 0. The second-order valence-corrected chi connectivity index (χ2v) is 7.00. The second kappa shape index (κ2) is 5.19. The molecule has 0 fully saturated rings. The molecule has 2 aromatic rings. The summed E-state index contributed by atoms with van der Waals surface area (Å²) in [4.78, 5) is 0.884. The standard InChI is InChI=1S/C11H7Br2ClOS/c12-8-2-1-6(14)5-7(8)11(15)9-3-4-10(13)16-9/h1-5,11,15H. The summed E-state index contributed by atoms with van der Waals surface area (Å²) < 4.78 is 1.86. The quantitative estimate of drug-likeness (QED) is 0.774. The van der Waals surface area contributed by atoms with Crippen molar-refractivity contribution in [3.63, 3.8) is 0 Å². The van der Waals surface area contributed by atoms with E-state index in [9.17, 15) is 5.11 Å². The first-order chi connectivity index (χ1) is 7.58. The van der Waals surface area contributed by atoms with Gasteiger partial charge in [0.15, 0.2) is 0 Å². The Morgan fingerprint density at radius 2 is 1.94 bits per heavy atom. The van der Waals surface area contributed by atoms with Gasteiger partial charge < -0.3 is 5.11 Å². The molecule has 0 saturated heterocycles. The van der Waals surface area contributed by atoms with E-state index in [0.29, 0.717) is 5.02 Å². The Kier molecular flexibility index (Phi) is 4.08. The SMILES string of the molecule is OC(c1ccc(Br)s1)c1cc(Cl)ccc1Br. The highest BCUT2D eigenvalue weighted by atomic mass is 79.9. The molecule has 1 unspecified atom stereocenters. The van der Waals surface area contributed by atoms with Crippen molar-refractivity contribution in [2.75, 3.05) is 0 Å². The van der Waals surface area contributed by atoms with E-state index in [0.717, 1.165) is 18.7 Å². The lowest BCUT2D eigenvalue weighted by Gasteiger charge is -2.11. The third-order valence-corrected chi connectivity index (χ3v) is 4.75. The van der Waals surface area contributed by atoms with E-state index in [4.69, 9.17) is 11.6 Å². The van der Waals surface area contributed by atoms with E-state index >= 15 is 0 Å². The van der Waals surface area contributed by atoms with Crippen LogP contribution in [0.4, 0.5) is 0 Å². The average Bonchev–Trinajstić information content (AvgIpc) is 2.67. The molecule has 0 radical (unpaired) electrons. The summed E-state index contributed by atoms with van der Waals surface area (Å²) in [6.07, 6.45) is -0.649. The minimum Gasteiger partial charge on any atom is -0.383 e. The largest absolute Gasteiger partial charge is 0.383 e. The first-order valence-electron chi connectivity index (χ1n) is 4.46. The fraction of sp³-hybridized carbons (Fsp3) is 0.0909. The van der Waals surface area contributed by atoms with Gasteiger partial charge in [0.25, 0.3) is 0 Å². The van der Waals surface area contributed by atoms with Crippen LogP contribution in [-0.4, -0.2) is 5.11 Å². The summed E-state index contributed by atoms with van der Waals surface area (Å²) in [6, 6.07) is 9.20. The summed E-state index contributed by atoms with van der Waals surface area (Å²) >= 11 is 14.2. The minimum absolute atomic E-state index is 0.618. The van der Waals surface area contributed by atoms with Crippen molar-refractivity contribution < 1.29 is 5.11 Å². The van der Waals surface area contributed by atoms with Gasteiger partial charge >= 0.3 is 0 Å². The fourth-order valence-electron chi connectivity index (χ4n) is 1.35. The monoisotopic (exact) mass is 380 g/mol. The summed E-state index contributed by atoms with van der Waals surface area (Å²) in [5.74, 6) is 0. The molecule has 84 valence electrons. The van der Waals surface area contributed by atoms with Crippen molar-refractivity contribution in [3.8, 4) is 0 Å². The topological polar surface area (TPSA) is 20.2 Å². The van der Waals surface area contributed by atoms with Crippen molar-refractivity contribution in [3.05, 3.63) is 54.1 Å². The molecule has 1 aromatic carbocycles. The van der Waals surface area contributed by atoms with Crippen molar-refractivity contribution >= 4 is 54.8 Å². The van der Waals surface area contributed by atoms with Crippen molar-refractivity contribution in [1.82, 2.24) is 0 Å². The van der Waals surface area contributed by atoms with Crippen LogP contribution in [-0.2, 0) is 0 Å². The van der Waals surface area contributed by atoms with Crippen LogP contribution < -0.4 is 0 Å². The lowest BCUT2D eigenvalue weighted by Crippen LogP contribution is -1.98. The smallest absolute Gasteiger partial charge is 0.114 e. The zero-order valence-electron chi connectivity index (χ0n) is 7.95. The van der Waals surface area contributed by atoms with Gasteiger partial charge in [-0.3, -0.25) is 0 Å². The molecule has 0 aliphatic heterocycles. The third kappa shape index (κ3) is 2.68. The zero-order chi connectivity index (χ0) is 11.7. The maximum atomic E-state index is 10.2. The van der Waals surface area contributed by atoms with Crippen LogP contribution in [0.25, 0.3) is 0 Å². The van der Waals surface area contributed by atoms with E-state index in [1.807, 2.05) is 18.2 Å². The fourth-order valence-corrected chi connectivity index (χ4v) is 3.43. The highest BCUT2D eigenvalue weighted by Gasteiger charge is 2.15. The van der Waals surface area contributed by atoms with Gasteiger partial charge in [-0.15, -0.1) is 11.3 Å². The van der Waals surface area contributed by atoms with Crippen LogP contribution >= 0.6 is 54.8 Å². The molecule has 5 heteroatoms. The van der Waals surface area contributed by atoms with Gasteiger partial charge in [0.2, 0.25) is 0 Å². The number of rotatable bonds is 2. The maximum Gasteiger partial charge on any atom is 0.114 e. The highest BCUT2D eigenvalue weighted by molar-refractivity contribution is 9.11. The number of aliphatic hydroxyl groups is 1. The van der Waals surface area contributed by atoms with Gasteiger partial charge in [-0.25, -0.2) is 0 Å². The van der Waals surface area contributed by atoms with Crippen molar-refractivity contribution in [1.29, 1.82) is 0 Å². The molecule has 0 bridgehead atoms. The Hall–Kier alpha value is 0.130. The van der Waals surface area contributed by atoms with E-state index in [-0.39, 0.29) is 0 Å². The van der Waals surface area contributed by atoms with Gasteiger partial charge in [-0.1, -0.05) is 27.5 Å². The lowest BCUT2D eigenvalue weighted by atomic mass is 10.1. The molecule has 0 amide bonds. The molecule has 1 aromatic heterocycles. The number of benzene rings is 1. The van der Waals surface area contributed by atoms with Gasteiger partial charge in [-0.2, -0.15) is 0 Å². The number of aliphatic hydroxyl groups excluding tert-OH is 1. The molecular weight excluding hydrogens is 375 g/mol. The number of thiophene rings is 1. The Morgan fingerprint density at radius 3 is 2.56 bits per heavy atom. The van der Waals surface area contributed by atoms with Gasteiger partial charge in [0.1, 0.15) is 6.10 Å². The molecule has 1 N–H and O–H groups in total. The molecule has 16 heavy (non-hydrogen) atoms. The minimum atomic E-state index is -0.649. The van der Waals surface area contributed by atoms with E-state index in [1.54, 1.807) is 12.1 Å². The van der Waals surface area contributed by atoms with E-state index < -0.39 is 6.10 Å². The van der Waals surface area contributed by atoms with Crippen LogP contribution in [0.5, 0.6) is 0 Å². The van der Waals surface area contributed by atoms with Crippen LogP contribution in [0.1, 0.15) is 16.5 Å². The molecule has 2 rings (SSSR count). The number of hydrogen-bond acceptors (Lipinski definition) is 2. The number of hydrogen-bond donors (Lipinski definition) is 1. The van der Waals surface area contributed by atoms with Gasteiger partial charge in [0.05, 0.1) is 3.79 Å². The molecule has 0 aliphatic carbocycles. The third-order valence-electron chi connectivity index (χ3n) is 2.12. The summed E-state index contributed by atoms with van der Waals surface area (Å²) in [6.45, 7) is 0. The molecule has 1 atom stereocenters. The molecule has 1 heterocycles. The molecule has 0 aliphatic rings. The van der Waals surface area contributed by atoms with Gasteiger partial charge in [-0.05, 0) is 46.3 Å². The van der Waals surface area contributed by atoms with E-state index in [2.05, 4.69) is 31.9 Å². The number of halogens is 3. The van der Waals surface area contributed by atoms with Crippen LogP contribution in [0.15, 0.2) is 38.6 Å². The highest BCUT2D eigenvalue weighted by Crippen LogP contribution is 2.35. The first-order valence-corrected chi connectivity index (χ1v) is 7.24. The Morgan fingerprint density at radius 1 is 1.19 bits per heavy atom. The van der Waals surface area contributed by atoms with E-state index in [1.165, 1.54) is 11.3 Å². The molecule has 1 nitrogen and oxygen atoms in total. The van der Waals surface area contributed by atoms with Crippen molar-refractivity contribution in [2.45, 2.75) is 6.10 Å². The molecular formula is C11H7Br2ClOS. The van der Waals surface area contributed by atoms with Crippen LogP contribution in [0.2, 0.25) is 5.02 Å². The first kappa shape index (κ1) is 12.6. The zero-order valence-corrected chi connectivity index (χ0v) is 12.7. The van der Waals surface area contributed by atoms with Gasteiger partial charge in [0, 0.05) is 19.9 Å². The predicted molar refractivity (Wildman–Crippen MR) is 75.2 cm³/mol. The Labute approximate surface area is 119 Å². The van der Waals surface area contributed by atoms with Crippen molar-refractivity contribution in [2.24, 2.45) is 0 Å². The summed E-state index contributed by atoms with van der Waals surface area (Å²) in [5.41, 5.74) is 0.779. The lowest BCUT2D eigenvalue weighted by molar-refractivity contribution is 0.223. The summed E-state index contributed by atoms with van der Waals surface area (Å²) in [5, 5.41) is 10.8. The second-order valence-electron chi connectivity index (χ2n) is 3.21.